The number of thiazole rings is 1. The van der Waals surface area contributed by atoms with E-state index in [-0.39, 0.29) is 57.6 Å². The molecule has 0 aromatic carbocycles. The van der Waals surface area contributed by atoms with Crippen molar-refractivity contribution in [3.63, 3.8) is 0 Å². The van der Waals surface area contributed by atoms with Gasteiger partial charge in [0, 0.05) is 33.9 Å². The Labute approximate surface area is 269 Å². The third-order valence-corrected chi connectivity index (χ3v) is 8.61. The van der Waals surface area contributed by atoms with Crippen LogP contribution in [0.5, 0.6) is 0 Å². The van der Waals surface area contributed by atoms with Crippen LogP contribution in [-0.2, 0) is 30.6 Å². The van der Waals surface area contributed by atoms with E-state index in [2.05, 4.69) is 20.3 Å². The topological polar surface area (TPSA) is 188 Å². The molecule has 0 spiro atoms. The van der Waals surface area contributed by atoms with Crippen LogP contribution >= 0.6 is 34.9 Å². The molecule has 13 nitrogen and oxygen atoms in total. The molecule has 1 fully saturated rings. The van der Waals surface area contributed by atoms with Crippen LogP contribution < -0.4 is 15.6 Å². The molecule has 20 heteroatoms. The zero-order chi connectivity index (χ0) is 29.9. The average molecular weight is 658 g/mol. The summed E-state index contributed by atoms with van der Waals surface area (Å²) in [5.74, 6) is -3.91. The van der Waals surface area contributed by atoms with Crippen LogP contribution in [0.15, 0.2) is 51.2 Å². The Morgan fingerprint density at radius 2 is 1.98 bits per heavy atom. The summed E-state index contributed by atoms with van der Waals surface area (Å²) in [6.07, 6.45) is -1.83. The number of carboxylic acids is 2. The second kappa shape index (κ2) is 14.1. The normalized spacial score (nSPS) is 18.5. The number of amides is 2. The molecule has 2 aromatic heterocycles. The standard InChI is InChI=1S/C22H19F3N6O7S3.Na.H/c23-22(24,25)9-30-3-1-11(2-4-30)39-6-10-7-40-19-15(18(35)31(19)16(10)20(36)37)28-17(34)14(29-38-5-13(32)33)12-8-41-21(26)27-12;;/h1-4,8,15,19H,5-7,9H2,(H4-,26,27,28,32,33,34,36,37);;/p+1/b29-14-;;/t15-,19-;;/m1../s1. The van der Waals surface area contributed by atoms with Gasteiger partial charge in [0.1, 0.15) is 22.8 Å². The summed E-state index contributed by atoms with van der Waals surface area (Å²) >= 11 is 3.41. The molecule has 2 aromatic rings. The van der Waals surface area contributed by atoms with Gasteiger partial charge < -0.3 is 26.1 Å². The maximum atomic E-state index is 13.0. The number of nitrogens with one attached hydrogen (secondary N) is 1. The van der Waals surface area contributed by atoms with Crippen molar-refractivity contribution in [2.75, 3.05) is 23.8 Å². The van der Waals surface area contributed by atoms with Crippen molar-refractivity contribution >= 4 is 99.0 Å². The first kappa shape index (κ1) is 33.7. The number of aliphatic carboxylic acids is 2. The number of nitrogens with zero attached hydrogens (tertiary/aromatic N) is 4. The number of pyridine rings is 1. The maximum absolute atomic E-state index is 13.0. The van der Waals surface area contributed by atoms with Gasteiger partial charge in [0.15, 0.2) is 23.2 Å². The van der Waals surface area contributed by atoms with E-state index in [1.165, 1.54) is 53.4 Å². The zero-order valence-corrected chi connectivity index (χ0v) is 23.0. The van der Waals surface area contributed by atoms with Crippen LogP contribution in [0.3, 0.4) is 0 Å². The Kier molecular flexibility index (Phi) is 11.3. The third-order valence-electron chi connectivity index (χ3n) is 5.50. The van der Waals surface area contributed by atoms with Crippen molar-refractivity contribution in [2.45, 2.75) is 29.0 Å². The molecular weight excluding hydrogens is 636 g/mol. The number of hydrogen-bond donors (Lipinski definition) is 4. The second-order valence-electron chi connectivity index (χ2n) is 8.41. The van der Waals surface area contributed by atoms with Gasteiger partial charge in [-0.25, -0.2) is 14.6 Å². The van der Waals surface area contributed by atoms with Gasteiger partial charge >= 0.3 is 47.7 Å². The number of halogens is 3. The van der Waals surface area contributed by atoms with E-state index in [1.807, 2.05) is 0 Å². The Balaban J connectivity index is 0.00000484. The molecule has 0 saturated carbocycles. The number of nitrogens with two attached hydrogens (primary N) is 1. The minimum atomic E-state index is -4.37. The number of rotatable bonds is 11. The number of thioether (sulfide) groups is 2. The Morgan fingerprint density at radius 3 is 2.55 bits per heavy atom. The Hall–Kier alpha value is -2.84. The number of carbonyl (C=O) groups excluding carboxylic acids is 2. The van der Waals surface area contributed by atoms with Gasteiger partial charge in [-0.15, -0.1) is 34.9 Å². The van der Waals surface area contributed by atoms with Crippen LogP contribution in [0.25, 0.3) is 0 Å². The fourth-order valence-electron chi connectivity index (χ4n) is 3.78. The number of anilines is 1. The quantitative estimate of drug-likeness (QED) is 0.0648. The third kappa shape index (κ3) is 8.16. The van der Waals surface area contributed by atoms with Crippen molar-refractivity contribution in [1.82, 2.24) is 15.2 Å². The first-order valence-electron chi connectivity index (χ1n) is 11.4. The van der Waals surface area contributed by atoms with Crippen molar-refractivity contribution in [3.05, 3.63) is 46.9 Å². The number of alkyl halides is 3. The summed E-state index contributed by atoms with van der Waals surface area (Å²) < 4.78 is 38.7. The molecule has 0 unspecified atom stereocenters. The summed E-state index contributed by atoms with van der Waals surface area (Å²) in [6.45, 7) is -1.98. The molecular formula is C22H21F3N6NaO7S3+. The predicted molar refractivity (Wildman–Crippen MR) is 147 cm³/mol. The number of hydrogen-bond acceptors (Lipinski definition) is 11. The van der Waals surface area contributed by atoms with Gasteiger partial charge in [0.2, 0.25) is 13.2 Å². The number of oxime groups is 1. The Morgan fingerprint density at radius 1 is 1.29 bits per heavy atom. The van der Waals surface area contributed by atoms with Gasteiger partial charge in [-0.3, -0.25) is 14.5 Å². The van der Waals surface area contributed by atoms with Crippen LogP contribution in [0.1, 0.15) is 5.69 Å². The van der Waals surface area contributed by atoms with E-state index in [4.69, 9.17) is 10.8 Å². The van der Waals surface area contributed by atoms with Gasteiger partial charge in [0.25, 0.3) is 11.8 Å². The van der Waals surface area contributed by atoms with E-state index < -0.39 is 60.2 Å². The van der Waals surface area contributed by atoms with Crippen molar-refractivity contribution in [2.24, 2.45) is 5.16 Å². The first-order chi connectivity index (χ1) is 19.3. The number of aromatic nitrogens is 2. The monoisotopic (exact) mass is 657 g/mol. The average Bonchev–Trinajstić information content (AvgIpc) is 3.33. The van der Waals surface area contributed by atoms with Gasteiger partial charge in [0.05, 0.1) is 0 Å². The summed E-state index contributed by atoms with van der Waals surface area (Å²) in [4.78, 5) is 59.1. The molecule has 1 saturated heterocycles. The van der Waals surface area contributed by atoms with Crippen molar-refractivity contribution in [3.8, 4) is 0 Å². The Bertz CT molecular complexity index is 1440. The molecule has 4 heterocycles. The second-order valence-corrected chi connectivity index (χ2v) is 11.4. The molecule has 2 amide bonds. The fraction of sp³-hybridized carbons (Fsp3) is 0.318. The molecule has 2 aliphatic heterocycles. The first-order valence-corrected chi connectivity index (χ1v) is 14.3. The van der Waals surface area contributed by atoms with Gasteiger partial charge in [-0.2, -0.15) is 17.7 Å². The summed E-state index contributed by atoms with van der Waals surface area (Å²) in [6, 6.07) is 1.84. The molecule has 5 N–H and O–H groups in total. The van der Waals surface area contributed by atoms with E-state index in [1.54, 1.807) is 0 Å². The molecule has 4 rings (SSSR count). The molecule has 2 aliphatic rings. The SMILES string of the molecule is Nc1nc(/C(=N/OCC(=O)O)C(=O)N[C@@H]2C(=O)N3C(C(=O)O)=C(CSc4cc[n+](CC(F)(F)F)cc4)CS[C@H]23)cs1.[NaH]. The van der Waals surface area contributed by atoms with E-state index >= 15 is 0 Å². The van der Waals surface area contributed by atoms with Crippen molar-refractivity contribution in [1.29, 1.82) is 0 Å². The molecule has 42 heavy (non-hydrogen) atoms. The minimum absolute atomic E-state index is 0. The zero-order valence-electron chi connectivity index (χ0n) is 20.5. The number of β-lactam (4-membered cyclic amide) rings is 1. The van der Waals surface area contributed by atoms with Crippen LogP contribution in [-0.4, -0.2) is 115 Å². The summed E-state index contributed by atoms with van der Waals surface area (Å²) in [5.41, 5.74) is 5.37. The number of carboxylic acid groups (broad SMARTS) is 2. The molecule has 0 bridgehead atoms. The fourth-order valence-corrected chi connectivity index (χ4v) is 6.70. The van der Waals surface area contributed by atoms with E-state index in [0.29, 0.717) is 10.5 Å². The predicted octanol–water partition coefficient (Wildman–Crippen LogP) is 0.263. The van der Waals surface area contributed by atoms with Crippen molar-refractivity contribution < 1.29 is 52.0 Å². The summed E-state index contributed by atoms with van der Waals surface area (Å²) in [7, 11) is 0. The molecule has 0 aliphatic carbocycles. The number of fused-ring (bicyclic) bond motifs is 1. The summed E-state index contributed by atoms with van der Waals surface area (Å²) in [5, 5.41) is 25.4. The van der Waals surface area contributed by atoms with Crippen LogP contribution in [0.2, 0.25) is 0 Å². The van der Waals surface area contributed by atoms with E-state index in [9.17, 15) is 37.5 Å². The number of nitrogen functional groups attached to an aromatic ring is 1. The van der Waals surface area contributed by atoms with Crippen LogP contribution in [0.4, 0.5) is 18.3 Å². The molecule has 2 atom stereocenters. The number of carbonyl (C=O) groups is 4. The van der Waals surface area contributed by atoms with Gasteiger partial charge in [-0.05, 0) is 5.57 Å². The molecule has 220 valence electrons. The molecule has 0 radical (unpaired) electrons. The van der Waals surface area contributed by atoms with Crippen LogP contribution in [0, 0.1) is 0 Å². The van der Waals surface area contributed by atoms with Gasteiger partial charge in [-0.1, -0.05) is 5.16 Å². The van der Waals surface area contributed by atoms with E-state index in [0.717, 1.165) is 20.8 Å².